The molecular weight excluding hydrogens is 420 g/mol. The largest absolute Gasteiger partial charge is 0.342 e. The van der Waals surface area contributed by atoms with Gasteiger partial charge >= 0.3 is 0 Å². The molecule has 7 heteroatoms. The highest BCUT2D eigenvalue weighted by atomic mass is 79.9. The molecule has 0 saturated carbocycles. The van der Waals surface area contributed by atoms with Crippen molar-refractivity contribution in [1.29, 1.82) is 0 Å². The Morgan fingerprint density at radius 2 is 1.64 bits per heavy atom. The Kier molecular flexibility index (Phi) is 5.53. The van der Waals surface area contributed by atoms with E-state index in [0.717, 1.165) is 54.6 Å². The van der Waals surface area contributed by atoms with Gasteiger partial charge in [0, 0.05) is 36.6 Å². The Morgan fingerprint density at radius 1 is 1.00 bits per heavy atom. The second kappa shape index (κ2) is 8.07. The summed E-state index contributed by atoms with van der Waals surface area (Å²) in [6, 6.07) is 7.85. The van der Waals surface area contributed by atoms with E-state index < -0.39 is 0 Å². The summed E-state index contributed by atoms with van der Waals surface area (Å²) in [5.41, 5.74) is 2.39. The first-order valence-corrected chi connectivity index (χ1v) is 10.7. The third kappa shape index (κ3) is 3.72. The molecule has 0 N–H and O–H groups in total. The molecule has 1 aromatic carbocycles. The Morgan fingerprint density at radius 3 is 2.29 bits per heavy atom. The van der Waals surface area contributed by atoms with Crippen molar-refractivity contribution < 1.29 is 9.59 Å². The van der Waals surface area contributed by atoms with Gasteiger partial charge < -0.3 is 9.80 Å². The second-order valence-electron chi connectivity index (χ2n) is 7.63. The number of hydrogen-bond acceptors (Lipinski definition) is 3. The van der Waals surface area contributed by atoms with Gasteiger partial charge in [-0.2, -0.15) is 5.10 Å². The maximum atomic E-state index is 13.0. The molecule has 4 rings (SSSR count). The van der Waals surface area contributed by atoms with Gasteiger partial charge in [0.15, 0.2) is 0 Å². The topological polar surface area (TPSA) is 58.4 Å². The normalized spacial score (nSPS) is 17.9. The summed E-state index contributed by atoms with van der Waals surface area (Å²) in [4.78, 5) is 29.5. The van der Waals surface area contributed by atoms with Crippen molar-refractivity contribution in [2.75, 3.05) is 26.2 Å². The number of hydrogen-bond donors (Lipinski definition) is 0. The first-order valence-electron chi connectivity index (χ1n) is 9.93. The number of piperidine rings is 1. The summed E-state index contributed by atoms with van der Waals surface area (Å²) >= 11 is 3.44. The lowest BCUT2D eigenvalue weighted by atomic mass is 9.95. The standard InChI is InChI=1S/C21H25BrN4O2/c1-15-19(14-23-26(15)18-6-4-17(22)5-7-18)21(28)25-12-8-16(9-13-25)20(27)24-10-2-3-11-24/h4-7,14,16H,2-3,8-13H2,1H3. The van der Waals surface area contributed by atoms with E-state index in [1.807, 2.05) is 41.0 Å². The van der Waals surface area contributed by atoms with Crippen molar-refractivity contribution in [2.45, 2.75) is 32.6 Å². The van der Waals surface area contributed by atoms with E-state index in [2.05, 4.69) is 21.0 Å². The van der Waals surface area contributed by atoms with Gasteiger partial charge in [0.05, 0.1) is 23.1 Å². The number of carbonyl (C=O) groups excluding carboxylic acids is 2. The lowest BCUT2D eigenvalue weighted by Crippen LogP contribution is -2.43. The highest BCUT2D eigenvalue weighted by Crippen LogP contribution is 2.24. The molecule has 3 heterocycles. The maximum absolute atomic E-state index is 13.0. The van der Waals surface area contributed by atoms with Gasteiger partial charge in [-0.25, -0.2) is 4.68 Å². The molecule has 2 aliphatic rings. The third-order valence-corrected chi connectivity index (χ3v) is 6.39. The van der Waals surface area contributed by atoms with E-state index in [1.165, 1.54) is 0 Å². The van der Waals surface area contributed by atoms with Gasteiger partial charge in [-0.3, -0.25) is 9.59 Å². The minimum absolute atomic E-state index is 0.00735. The summed E-state index contributed by atoms with van der Waals surface area (Å²) in [5, 5.41) is 4.42. The molecule has 0 atom stereocenters. The first kappa shape index (κ1) is 19.2. The quantitative estimate of drug-likeness (QED) is 0.728. The summed E-state index contributed by atoms with van der Waals surface area (Å²) in [6.45, 7) is 4.97. The van der Waals surface area contributed by atoms with E-state index >= 15 is 0 Å². The van der Waals surface area contributed by atoms with E-state index in [1.54, 1.807) is 10.9 Å². The average molecular weight is 445 g/mol. The van der Waals surface area contributed by atoms with Crippen LogP contribution in [0.25, 0.3) is 5.69 Å². The van der Waals surface area contributed by atoms with Crippen LogP contribution in [0.15, 0.2) is 34.9 Å². The van der Waals surface area contributed by atoms with Crippen molar-refractivity contribution >= 4 is 27.7 Å². The molecule has 28 heavy (non-hydrogen) atoms. The number of rotatable bonds is 3. The smallest absolute Gasteiger partial charge is 0.257 e. The lowest BCUT2D eigenvalue weighted by molar-refractivity contribution is -0.135. The number of benzene rings is 1. The van der Waals surface area contributed by atoms with Crippen molar-refractivity contribution in [2.24, 2.45) is 5.92 Å². The first-order chi connectivity index (χ1) is 13.5. The predicted octanol–water partition coefficient (Wildman–Crippen LogP) is 3.42. The molecule has 148 valence electrons. The molecule has 2 saturated heterocycles. The van der Waals surface area contributed by atoms with Crippen LogP contribution in [0.1, 0.15) is 41.7 Å². The fourth-order valence-electron chi connectivity index (χ4n) is 4.16. The molecule has 1 aromatic heterocycles. The summed E-state index contributed by atoms with van der Waals surface area (Å²) in [7, 11) is 0. The van der Waals surface area contributed by atoms with Crippen LogP contribution < -0.4 is 0 Å². The fourth-order valence-corrected chi connectivity index (χ4v) is 4.42. The zero-order chi connectivity index (χ0) is 19.7. The van der Waals surface area contributed by atoms with Crippen LogP contribution in [0, 0.1) is 12.8 Å². The van der Waals surface area contributed by atoms with Crippen LogP contribution in [0.3, 0.4) is 0 Å². The molecule has 0 spiro atoms. The average Bonchev–Trinajstić information content (AvgIpc) is 3.38. The SMILES string of the molecule is Cc1c(C(=O)N2CCC(C(=O)N3CCCC3)CC2)cnn1-c1ccc(Br)cc1. The van der Waals surface area contributed by atoms with Crippen LogP contribution >= 0.6 is 15.9 Å². The number of likely N-dealkylation sites (tertiary alicyclic amines) is 2. The van der Waals surface area contributed by atoms with Crippen LogP contribution in [0.5, 0.6) is 0 Å². The number of carbonyl (C=O) groups is 2. The van der Waals surface area contributed by atoms with Crippen LogP contribution in [0.4, 0.5) is 0 Å². The molecule has 2 amide bonds. The number of aromatic nitrogens is 2. The number of nitrogens with zero attached hydrogens (tertiary/aromatic N) is 4. The lowest BCUT2D eigenvalue weighted by Gasteiger charge is -2.33. The number of amides is 2. The Balaban J connectivity index is 1.41. The summed E-state index contributed by atoms with van der Waals surface area (Å²) < 4.78 is 2.80. The Hall–Kier alpha value is -2.15. The molecule has 0 bridgehead atoms. The van der Waals surface area contributed by atoms with E-state index in [4.69, 9.17) is 0 Å². The Labute approximate surface area is 173 Å². The predicted molar refractivity (Wildman–Crippen MR) is 110 cm³/mol. The minimum Gasteiger partial charge on any atom is -0.342 e. The van der Waals surface area contributed by atoms with Crippen molar-refractivity contribution in [3.63, 3.8) is 0 Å². The third-order valence-electron chi connectivity index (χ3n) is 5.86. The van der Waals surface area contributed by atoms with Gasteiger partial charge in [0.25, 0.3) is 5.91 Å². The van der Waals surface area contributed by atoms with Crippen molar-refractivity contribution in [1.82, 2.24) is 19.6 Å². The van der Waals surface area contributed by atoms with E-state index in [9.17, 15) is 9.59 Å². The van der Waals surface area contributed by atoms with Gasteiger partial charge in [-0.05, 0) is 56.9 Å². The monoisotopic (exact) mass is 444 g/mol. The van der Waals surface area contributed by atoms with Crippen molar-refractivity contribution in [3.05, 3.63) is 46.2 Å². The maximum Gasteiger partial charge on any atom is 0.257 e. The molecule has 2 aliphatic heterocycles. The molecule has 0 radical (unpaired) electrons. The van der Waals surface area contributed by atoms with E-state index in [0.29, 0.717) is 18.7 Å². The number of halogens is 1. The van der Waals surface area contributed by atoms with Crippen LogP contribution in [-0.4, -0.2) is 57.6 Å². The van der Waals surface area contributed by atoms with Gasteiger partial charge in [0.2, 0.25) is 5.91 Å². The fraction of sp³-hybridized carbons (Fsp3) is 0.476. The van der Waals surface area contributed by atoms with Gasteiger partial charge in [-0.15, -0.1) is 0 Å². The highest BCUT2D eigenvalue weighted by Gasteiger charge is 2.32. The molecule has 2 aromatic rings. The van der Waals surface area contributed by atoms with Crippen molar-refractivity contribution in [3.8, 4) is 5.69 Å². The molecule has 6 nitrogen and oxygen atoms in total. The van der Waals surface area contributed by atoms with Gasteiger partial charge in [-0.1, -0.05) is 15.9 Å². The Bertz CT molecular complexity index is 863. The highest BCUT2D eigenvalue weighted by molar-refractivity contribution is 9.10. The zero-order valence-corrected chi connectivity index (χ0v) is 17.7. The molecular formula is C21H25BrN4O2. The van der Waals surface area contributed by atoms with Gasteiger partial charge in [0.1, 0.15) is 0 Å². The molecule has 0 unspecified atom stereocenters. The zero-order valence-electron chi connectivity index (χ0n) is 16.1. The van der Waals surface area contributed by atoms with E-state index in [-0.39, 0.29) is 17.7 Å². The second-order valence-corrected chi connectivity index (χ2v) is 8.55. The molecule has 0 aliphatic carbocycles. The summed E-state index contributed by atoms with van der Waals surface area (Å²) in [5.74, 6) is 0.352. The minimum atomic E-state index is 0.00735. The van der Waals surface area contributed by atoms with Crippen LogP contribution in [-0.2, 0) is 4.79 Å². The summed E-state index contributed by atoms with van der Waals surface area (Å²) in [6.07, 6.45) is 5.39. The molecule has 2 fully saturated rings. The van der Waals surface area contributed by atoms with Crippen LogP contribution in [0.2, 0.25) is 0 Å².